The maximum atomic E-state index is 6.05. The minimum Gasteiger partial charge on any atom is -0.388 e. The Balaban J connectivity index is 1.67. The topological polar surface area (TPSA) is 78.3 Å². The van der Waals surface area contributed by atoms with Crippen molar-refractivity contribution in [1.29, 1.82) is 0 Å². The summed E-state index contributed by atoms with van der Waals surface area (Å²) in [6.45, 7) is 7.07. The predicted molar refractivity (Wildman–Crippen MR) is 99.6 cm³/mol. The highest BCUT2D eigenvalue weighted by molar-refractivity contribution is 7.11. The van der Waals surface area contributed by atoms with E-state index in [2.05, 4.69) is 28.2 Å². The molecule has 0 aliphatic rings. The summed E-state index contributed by atoms with van der Waals surface area (Å²) in [4.78, 5) is 10.5. The lowest BCUT2D eigenvalue weighted by atomic mass is 10.1. The molecule has 0 spiro atoms. The van der Waals surface area contributed by atoms with Crippen LogP contribution in [0.1, 0.15) is 32.4 Å². The Morgan fingerprint density at radius 1 is 1.28 bits per heavy atom. The Hall–Kier alpha value is -2.67. The molecule has 0 fully saturated rings. The number of amidine groups is 1. The molecule has 130 valence electrons. The first-order chi connectivity index (χ1) is 12.0. The van der Waals surface area contributed by atoms with Gasteiger partial charge in [-0.2, -0.15) is 5.10 Å². The Bertz CT molecular complexity index is 897. The molecule has 0 bridgehead atoms. The van der Waals surface area contributed by atoms with E-state index in [0.29, 0.717) is 19.0 Å². The molecule has 0 saturated carbocycles. The van der Waals surface area contributed by atoms with Gasteiger partial charge < -0.3 is 10.6 Å². The molecule has 2 N–H and O–H groups in total. The van der Waals surface area contributed by atoms with Crippen molar-refractivity contribution < 1.29 is 4.84 Å². The molecule has 0 aliphatic carbocycles. The number of hydrogen-bond acceptors (Lipinski definition) is 5. The van der Waals surface area contributed by atoms with Gasteiger partial charge in [0.2, 0.25) is 0 Å². The third-order valence-electron chi connectivity index (χ3n) is 3.70. The summed E-state index contributed by atoms with van der Waals surface area (Å²) in [6.07, 6.45) is 1.79. The van der Waals surface area contributed by atoms with Gasteiger partial charge in [0.05, 0.1) is 22.1 Å². The molecule has 6 nitrogen and oxygen atoms in total. The smallest absolute Gasteiger partial charge is 0.170 e. The SMILES string of the molecule is Cc1cc(C)n(Cc2cccc(/C(N)=N/OCc3cnc(C)s3)c2)n1. The molecule has 25 heavy (non-hydrogen) atoms. The maximum absolute atomic E-state index is 6.05. The van der Waals surface area contributed by atoms with Gasteiger partial charge in [0.1, 0.15) is 0 Å². The first-order valence-electron chi connectivity index (χ1n) is 7.98. The van der Waals surface area contributed by atoms with Gasteiger partial charge >= 0.3 is 0 Å². The second kappa shape index (κ2) is 7.48. The number of aryl methyl sites for hydroxylation is 3. The first-order valence-corrected chi connectivity index (χ1v) is 8.80. The minimum atomic E-state index is 0.358. The number of benzene rings is 1. The predicted octanol–water partition coefficient (Wildman–Crippen LogP) is 3.15. The van der Waals surface area contributed by atoms with Gasteiger partial charge in [0.25, 0.3) is 0 Å². The molecule has 0 radical (unpaired) electrons. The first kappa shape index (κ1) is 17.2. The van der Waals surface area contributed by atoms with E-state index in [4.69, 9.17) is 10.6 Å². The average Bonchev–Trinajstić information content (AvgIpc) is 3.12. The van der Waals surface area contributed by atoms with Gasteiger partial charge in [-0.3, -0.25) is 4.68 Å². The lowest BCUT2D eigenvalue weighted by Crippen LogP contribution is -2.14. The van der Waals surface area contributed by atoms with E-state index >= 15 is 0 Å². The summed E-state index contributed by atoms with van der Waals surface area (Å²) in [5.41, 5.74) is 10.1. The van der Waals surface area contributed by atoms with Gasteiger partial charge in [-0.1, -0.05) is 23.4 Å². The van der Waals surface area contributed by atoms with Crippen molar-refractivity contribution in [2.45, 2.75) is 33.9 Å². The van der Waals surface area contributed by atoms with E-state index < -0.39 is 0 Å². The lowest BCUT2D eigenvalue weighted by Gasteiger charge is -2.07. The zero-order valence-electron chi connectivity index (χ0n) is 14.6. The fourth-order valence-electron chi connectivity index (χ4n) is 2.53. The molecular weight excluding hydrogens is 334 g/mol. The molecule has 0 aliphatic heterocycles. The summed E-state index contributed by atoms with van der Waals surface area (Å²) in [6, 6.07) is 10.0. The van der Waals surface area contributed by atoms with E-state index in [1.165, 1.54) is 0 Å². The highest BCUT2D eigenvalue weighted by Gasteiger charge is 2.05. The Morgan fingerprint density at radius 3 is 2.80 bits per heavy atom. The van der Waals surface area contributed by atoms with Crippen LogP contribution in [0.15, 0.2) is 41.7 Å². The van der Waals surface area contributed by atoms with Gasteiger partial charge in [-0.25, -0.2) is 4.98 Å². The molecule has 2 heterocycles. The Labute approximate surface area is 151 Å². The lowest BCUT2D eigenvalue weighted by molar-refractivity contribution is 0.132. The van der Waals surface area contributed by atoms with Crippen LogP contribution in [0, 0.1) is 20.8 Å². The minimum absolute atomic E-state index is 0.358. The molecule has 0 saturated heterocycles. The fraction of sp³-hybridized carbons (Fsp3) is 0.278. The molecule has 0 amide bonds. The second-order valence-corrected chi connectivity index (χ2v) is 7.20. The van der Waals surface area contributed by atoms with Crippen LogP contribution in [0.3, 0.4) is 0 Å². The monoisotopic (exact) mass is 355 g/mol. The molecule has 7 heteroatoms. The summed E-state index contributed by atoms with van der Waals surface area (Å²) in [5, 5.41) is 9.52. The van der Waals surface area contributed by atoms with Crippen molar-refractivity contribution in [2.24, 2.45) is 10.9 Å². The maximum Gasteiger partial charge on any atom is 0.170 e. The van der Waals surface area contributed by atoms with Crippen molar-refractivity contribution in [1.82, 2.24) is 14.8 Å². The molecule has 0 atom stereocenters. The normalized spacial score (nSPS) is 11.7. The van der Waals surface area contributed by atoms with Crippen LogP contribution in [-0.4, -0.2) is 20.6 Å². The van der Waals surface area contributed by atoms with Crippen LogP contribution < -0.4 is 5.73 Å². The highest BCUT2D eigenvalue weighted by atomic mass is 32.1. The Kier molecular flexibility index (Phi) is 5.14. The summed E-state index contributed by atoms with van der Waals surface area (Å²) < 4.78 is 1.98. The number of thiazole rings is 1. The average molecular weight is 355 g/mol. The molecule has 3 aromatic rings. The number of hydrogen-bond donors (Lipinski definition) is 1. The third-order valence-corrected chi connectivity index (χ3v) is 4.58. The number of nitrogens with zero attached hydrogens (tertiary/aromatic N) is 4. The van der Waals surface area contributed by atoms with Crippen molar-refractivity contribution in [3.63, 3.8) is 0 Å². The van der Waals surface area contributed by atoms with E-state index in [1.807, 2.05) is 42.8 Å². The molecule has 1 aromatic carbocycles. The van der Waals surface area contributed by atoms with Crippen LogP contribution in [0.25, 0.3) is 0 Å². The summed E-state index contributed by atoms with van der Waals surface area (Å²) in [5.74, 6) is 0.358. The van der Waals surface area contributed by atoms with E-state index in [1.54, 1.807) is 17.5 Å². The standard InChI is InChI=1S/C18H21N5OS/c1-12-7-13(2)23(21-12)10-15-5-4-6-16(8-15)18(19)22-24-11-17-9-20-14(3)25-17/h4-9H,10-11H2,1-3H3,(H2,19,22). The zero-order chi connectivity index (χ0) is 17.8. The van der Waals surface area contributed by atoms with Gasteiger partial charge in [0, 0.05) is 17.5 Å². The van der Waals surface area contributed by atoms with Crippen LogP contribution in [0.5, 0.6) is 0 Å². The van der Waals surface area contributed by atoms with Gasteiger partial charge in [-0.15, -0.1) is 11.3 Å². The van der Waals surface area contributed by atoms with E-state index in [0.717, 1.165) is 32.4 Å². The van der Waals surface area contributed by atoms with Crippen LogP contribution in [-0.2, 0) is 18.0 Å². The van der Waals surface area contributed by atoms with Crippen molar-refractivity contribution >= 4 is 17.2 Å². The van der Waals surface area contributed by atoms with Crippen LogP contribution in [0.2, 0.25) is 0 Å². The van der Waals surface area contributed by atoms with E-state index in [9.17, 15) is 0 Å². The largest absolute Gasteiger partial charge is 0.388 e. The van der Waals surface area contributed by atoms with Crippen LogP contribution >= 0.6 is 11.3 Å². The zero-order valence-corrected chi connectivity index (χ0v) is 15.4. The second-order valence-electron chi connectivity index (χ2n) is 5.88. The number of nitrogens with two attached hydrogens (primary N) is 1. The van der Waals surface area contributed by atoms with Crippen molar-refractivity contribution in [3.8, 4) is 0 Å². The third kappa shape index (κ3) is 4.45. The number of rotatable bonds is 6. The quantitative estimate of drug-likeness (QED) is 0.418. The van der Waals surface area contributed by atoms with Crippen molar-refractivity contribution in [2.75, 3.05) is 0 Å². The van der Waals surface area contributed by atoms with Gasteiger partial charge in [-0.05, 0) is 38.5 Å². The molecule has 0 unspecified atom stereocenters. The van der Waals surface area contributed by atoms with Crippen molar-refractivity contribution in [3.05, 3.63) is 68.9 Å². The van der Waals surface area contributed by atoms with Gasteiger partial charge in [0.15, 0.2) is 12.4 Å². The van der Waals surface area contributed by atoms with Crippen LogP contribution in [0.4, 0.5) is 0 Å². The number of oxime groups is 1. The molecule has 2 aromatic heterocycles. The number of aromatic nitrogens is 3. The molecular formula is C18H21N5OS. The van der Waals surface area contributed by atoms with E-state index in [-0.39, 0.29) is 0 Å². The summed E-state index contributed by atoms with van der Waals surface area (Å²) in [7, 11) is 0. The fourth-order valence-corrected chi connectivity index (χ4v) is 3.23. The summed E-state index contributed by atoms with van der Waals surface area (Å²) >= 11 is 1.59. The Morgan fingerprint density at radius 2 is 2.12 bits per heavy atom. The highest BCUT2D eigenvalue weighted by Crippen LogP contribution is 2.13. The molecule has 3 rings (SSSR count).